The van der Waals surface area contributed by atoms with Crippen LogP contribution in [0.25, 0.3) is 20.4 Å². The molecule has 108 valence electrons. The number of rotatable bonds is 2. The van der Waals surface area contributed by atoms with Crippen molar-refractivity contribution in [1.29, 1.82) is 0 Å². The molecule has 0 spiro atoms. The highest BCUT2D eigenvalue weighted by Gasteiger charge is 2.09. The molecule has 0 amide bonds. The average Bonchev–Trinajstić information content (AvgIpc) is 3.00. The SMILES string of the molecule is C.C.c1ccc2sc(Sc3nc4ccccc4s3)nc2c1. The summed E-state index contributed by atoms with van der Waals surface area (Å²) in [5.41, 5.74) is 2.13. The van der Waals surface area contributed by atoms with Gasteiger partial charge in [0.05, 0.1) is 20.4 Å². The van der Waals surface area contributed by atoms with Gasteiger partial charge >= 0.3 is 0 Å². The summed E-state index contributed by atoms with van der Waals surface area (Å²) in [7, 11) is 0. The summed E-state index contributed by atoms with van der Waals surface area (Å²) < 4.78 is 4.57. The Kier molecular flexibility index (Phi) is 4.98. The molecular weight excluding hydrogens is 316 g/mol. The van der Waals surface area contributed by atoms with Crippen LogP contribution >= 0.6 is 34.4 Å². The summed E-state index contributed by atoms with van der Waals surface area (Å²) in [6.07, 6.45) is 0. The number of fused-ring (bicyclic) bond motifs is 2. The molecule has 0 aliphatic rings. The molecule has 2 aromatic carbocycles. The minimum atomic E-state index is 0. The molecule has 5 heteroatoms. The third-order valence-electron chi connectivity index (χ3n) is 2.72. The fourth-order valence-electron chi connectivity index (χ4n) is 1.86. The molecule has 0 saturated carbocycles. The second kappa shape index (κ2) is 6.56. The molecule has 2 aromatic heterocycles. The van der Waals surface area contributed by atoms with Crippen LogP contribution in [-0.4, -0.2) is 9.97 Å². The molecule has 0 fully saturated rings. The van der Waals surface area contributed by atoms with Crippen LogP contribution < -0.4 is 0 Å². The number of thiazole rings is 2. The van der Waals surface area contributed by atoms with Crippen molar-refractivity contribution >= 4 is 54.9 Å². The first-order valence-electron chi connectivity index (χ1n) is 5.77. The maximum absolute atomic E-state index is 4.63. The van der Waals surface area contributed by atoms with Gasteiger partial charge in [-0.2, -0.15) is 0 Å². The first kappa shape index (κ1) is 15.9. The Bertz CT molecular complexity index is 726. The monoisotopic (exact) mass is 332 g/mol. The molecule has 2 heterocycles. The van der Waals surface area contributed by atoms with Crippen molar-refractivity contribution in [3.8, 4) is 0 Å². The van der Waals surface area contributed by atoms with Gasteiger partial charge in [0, 0.05) is 0 Å². The van der Waals surface area contributed by atoms with E-state index < -0.39 is 0 Å². The number of hydrogen-bond acceptors (Lipinski definition) is 5. The van der Waals surface area contributed by atoms with Crippen LogP contribution in [0.4, 0.5) is 0 Å². The largest absolute Gasteiger partial charge is 0.229 e. The molecule has 2 nitrogen and oxygen atoms in total. The Morgan fingerprint density at radius 3 is 1.52 bits per heavy atom. The molecule has 0 unspecified atom stereocenters. The Morgan fingerprint density at radius 1 is 0.667 bits per heavy atom. The molecule has 4 rings (SSSR count). The maximum atomic E-state index is 4.63. The molecule has 4 aromatic rings. The van der Waals surface area contributed by atoms with E-state index in [2.05, 4.69) is 22.1 Å². The standard InChI is InChI=1S/C14H8N2S3.2CH4/c1-3-7-11-9(5-1)15-13(17-11)19-14-16-10-6-2-4-8-12(10)18-14;;/h1-8H;2*1H4. The first-order valence-corrected chi connectivity index (χ1v) is 8.22. The zero-order valence-corrected chi connectivity index (χ0v) is 12.2. The highest BCUT2D eigenvalue weighted by molar-refractivity contribution is 8.02. The highest BCUT2D eigenvalue weighted by atomic mass is 32.2. The Balaban J connectivity index is 0.000000807. The number of para-hydroxylation sites is 2. The van der Waals surface area contributed by atoms with Crippen LogP contribution in [-0.2, 0) is 0 Å². The zero-order chi connectivity index (χ0) is 12.7. The van der Waals surface area contributed by atoms with Crippen molar-refractivity contribution < 1.29 is 0 Å². The van der Waals surface area contributed by atoms with E-state index in [4.69, 9.17) is 0 Å². The van der Waals surface area contributed by atoms with Crippen molar-refractivity contribution in [2.24, 2.45) is 0 Å². The van der Waals surface area contributed by atoms with Crippen molar-refractivity contribution in [3.05, 3.63) is 48.5 Å². The van der Waals surface area contributed by atoms with E-state index in [1.165, 1.54) is 9.40 Å². The predicted octanol–water partition coefficient (Wildman–Crippen LogP) is 6.33. The Labute approximate surface area is 136 Å². The molecule has 0 saturated heterocycles. The summed E-state index contributed by atoms with van der Waals surface area (Å²) in [5, 5.41) is 0. The van der Waals surface area contributed by atoms with E-state index in [0.29, 0.717) is 0 Å². The molecule has 0 atom stereocenters. The van der Waals surface area contributed by atoms with Gasteiger partial charge in [-0.3, -0.25) is 0 Å². The normalized spacial score (nSPS) is 10.3. The third kappa shape index (κ3) is 3.10. The van der Waals surface area contributed by atoms with Gasteiger partial charge in [0.2, 0.25) is 0 Å². The molecule has 21 heavy (non-hydrogen) atoms. The smallest absolute Gasteiger partial charge is 0.158 e. The van der Waals surface area contributed by atoms with Crippen LogP contribution in [0.15, 0.2) is 57.2 Å². The van der Waals surface area contributed by atoms with E-state index in [1.807, 2.05) is 36.4 Å². The van der Waals surface area contributed by atoms with Crippen molar-refractivity contribution in [3.63, 3.8) is 0 Å². The second-order valence-corrected chi connectivity index (χ2v) is 7.55. The lowest BCUT2D eigenvalue weighted by Crippen LogP contribution is -1.70. The third-order valence-corrected chi connectivity index (χ3v) is 5.92. The minimum absolute atomic E-state index is 0. The quantitative estimate of drug-likeness (QED) is 0.429. The van der Waals surface area contributed by atoms with Gasteiger partial charge in [-0.15, -0.1) is 22.7 Å². The van der Waals surface area contributed by atoms with Gasteiger partial charge in [0.1, 0.15) is 0 Å². The summed E-state index contributed by atoms with van der Waals surface area (Å²) in [6, 6.07) is 16.5. The van der Waals surface area contributed by atoms with E-state index in [0.717, 1.165) is 19.7 Å². The van der Waals surface area contributed by atoms with Crippen molar-refractivity contribution in [1.82, 2.24) is 9.97 Å². The fourth-order valence-corrected chi connectivity index (χ4v) is 5.20. The molecule has 0 aliphatic heterocycles. The lowest BCUT2D eigenvalue weighted by atomic mass is 10.3. The van der Waals surface area contributed by atoms with Crippen molar-refractivity contribution in [2.75, 3.05) is 0 Å². The predicted molar refractivity (Wildman–Crippen MR) is 96.8 cm³/mol. The number of benzene rings is 2. The molecule has 0 aliphatic carbocycles. The van der Waals surface area contributed by atoms with E-state index in [-0.39, 0.29) is 14.9 Å². The van der Waals surface area contributed by atoms with Gasteiger partial charge in [-0.05, 0) is 36.0 Å². The van der Waals surface area contributed by atoms with E-state index >= 15 is 0 Å². The Morgan fingerprint density at radius 2 is 1.10 bits per heavy atom. The van der Waals surface area contributed by atoms with E-state index in [9.17, 15) is 0 Å². The number of aromatic nitrogens is 2. The van der Waals surface area contributed by atoms with Gasteiger partial charge in [0.25, 0.3) is 0 Å². The van der Waals surface area contributed by atoms with Crippen LogP contribution in [0.1, 0.15) is 14.9 Å². The summed E-state index contributed by atoms with van der Waals surface area (Å²) in [4.78, 5) is 9.25. The summed E-state index contributed by atoms with van der Waals surface area (Å²) in [6.45, 7) is 0. The first-order chi connectivity index (χ1) is 9.38. The van der Waals surface area contributed by atoms with Crippen LogP contribution in [0.2, 0.25) is 0 Å². The number of hydrogen-bond donors (Lipinski definition) is 0. The second-order valence-electron chi connectivity index (χ2n) is 4.00. The average molecular weight is 333 g/mol. The van der Waals surface area contributed by atoms with Gasteiger partial charge < -0.3 is 0 Å². The maximum Gasteiger partial charge on any atom is 0.158 e. The van der Waals surface area contributed by atoms with Crippen LogP contribution in [0.3, 0.4) is 0 Å². The summed E-state index contributed by atoms with van der Waals surface area (Å²) in [5.74, 6) is 0. The molecule has 0 radical (unpaired) electrons. The Hall–Kier alpha value is -1.43. The lowest BCUT2D eigenvalue weighted by Gasteiger charge is -1.87. The van der Waals surface area contributed by atoms with Crippen molar-refractivity contribution in [2.45, 2.75) is 23.5 Å². The number of nitrogens with zero attached hydrogens (tertiary/aromatic N) is 2. The van der Waals surface area contributed by atoms with Gasteiger partial charge in [-0.1, -0.05) is 39.1 Å². The van der Waals surface area contributed by atoms with Crippen LogP contribution in [0, 0.1) is 0 Å². The van der Waals surface area contributed by atoms with Crippen LogP contribution in [0.5, 0.6) is 0 Å². The summed E-state index contributed by atoms with van der Waals surface area (Å²) >= 11 is 5.09. The zero-order valence-electron chi connectivity index (χ0n) is 9.74. The van der Waals surface area contributed by atoms with Gasteiger partial charge in [0.15, 0.2) is 8.68 Å². The molecule has 0 bridgehead atoms. The molecule has 0 N–H and O–H groups in total. The fraction of sp³-hybridized carbons (Fsp3) is 0.125. The van der Waals surface area contributed by atoms with Gasteiger partial charge in [-0.25, -0.2) is 9.97 Å². The topological polar surface area (TPSA) is 25.8 Å². The molecular formula is C16H16N2S3. The lowest BCUT2D eigenvalue weighted by molar-refractivity contribution is 1.26. The highest BCUT2D eigenvalue weighted by Crippen LogP contribution is 2.37. The van der Waals surface area contributed by atoms with E-state index in [1.54, 1.807) is 34.4 Å². The minimum Gasteiger partial charge on any atom is -0.229 e.